The topological polar surface area (TPSA) is 96.3 Å². The summed E-state index contributed by atoms with van der Waals surface area (Å²) in [6.45, 7) is 14.8. The Hall–Kier alpha value is -3.19. The zero-order valence-corrected chi connectivity index (χ0v) is 29.0. The molecule has 5 fully saturated rings. The van der Waals surface area contributed by atoms with Crippen molar-refractivity contribution >= 4 is 23.4 Å². The number of piperazine rings is 1. The van der Waals surface area contributed by atoms with Crippen molar-refractivity contribution in [1.29, 1.82) is 0 Å². The SMILES string of the molecule is CC1=C[C@@H]2[C@H]([C@@H](O)C[C@@]3(C)[C@H]2CC[C@@]3(O)C#CCN2CCN(c3cc(N4CCCC4)nc(N4CCCC4)n3)CC2)[C@@]2(C)C=CC(=O)C=C12. The van der Waals surface area contributed by atoms with Gasteiger partial charge in [-0.1, -0.05) is 43.4 Å². The molecular formula is C39H52N6O3. The second kappa shape index (κ2) is 12.0. The van der Waals surface area contributed by atoms with Crippen molar-refractivity contribution in [3.05, 3.63) is 41.5 Å². The molecule has 0 spiro atoms. The van der Waals surface area contributed by atoms with E-state index in [-0.39, 0.29) is 29.0 Å². The van der Waals surface area contributed by atoms with Crippen molar-refractivity contribution in [1.82, 2.24) is 14.9 Å². The lowest BCUT2D eigenvalue weighted by Crippen LogP contribution is -2.58. The van der Waals surface area contributed by atoms with Crippen LogP contribution in [0, 0.1) is 40.4 Å². The molecule has 8 rings (SSSR count). The Morgan fingerprint density at radius 1 is 0.938 bits per heavy atom. The molecule has 0 bridgehead atoms. The summed E-state index contributed by atoms with van der Waals surface area (Å²) in [7, 11) is 0. The largest absolute Gasteiger partial charge is 0.393 e. The normalized spacial score (nSPS) is 37.9. The lowest BCUT2D eigenvalue weighted by atomic mass is 9.47. The van der Waals surface area contributed by atoms with Gasteiger partial charge in [-0.2, -0.15) is 9.97 Å². The Morgan fingerprint density at radius 2 is 1.58 bits per heavy atom. The van der Waals surface area contributed by atoms with Gasteiger partial charge in [0.05, 0.1) is 12.6 Å². The molecule has 4 heterocycles. The maximum absolute atomic E-state index is 12.3. The molecule has 2 saturated carbocycles. The number of allylic oxidation sites excluding steroid dienone is 6. The molecule has 1 aromatic heterocycles. The molecule has 0 radical (unpaired) electrons. The number of fused-ring (bicyclic) bond motifs is 5. The highest BCUT2D eigenvalue weighted by atomic mass is 16.3. The minimum absolute atomic E-state index is 0.0167. The molecule has 1 aromatic rings. The molecule has 256 valence electrons. The van der Waals surface area contributed by atoms with E-state index >= 15 is 0 Å². The molecular weight excluding hydrogens is 600 g/mol. The fourth-order valence-electron chi connectivity index (χ4n) is 10.6. The van der Waals surface area contributed by atoms with E-state index < -0.39 is 17.1 Å². The molecule has 48 heavy (non-hydrogen) atoms. The summed E-state index contributed by atoms with van der Waals surface area (Å²) >= 11 is 0. The minimum atomic E-state index is -1.14. The molecule has 7 aliphatic rings. The summed E-state index contributed by atoms with van der Waals surface area (Å²) in [6, 6.07) is 2.20. The van der Waals surface area contributed by atoms with Crippen molar-refractivity contribution in [2.45, 2.75) is 77.4 Å². The van der Waals surface area contributed by atoms with Crippen molar-refractivity contribution in [3.8, 4) is 11.8 Å². The van der Waals surface area contributed by atoms with Crippen LogP contribution < -0.4 is 14.7 Å². The summed E-state index contributed by atoms with van der Waals surface area (Å²) in [5.41, 5.74) is 0.126. The van der Waals surface area contributed by atoms with Gasteiger partial charge in [0.15, 0.2) is 5.78 Å². The maximum atomic E-state index is 12.3. The number of carbonyl (C=O) groups excluding carboxylic acids is 1. The molecule has 0 amide bonds. The number of carbonyl (C=O) groups is 1. The van der Waals surface area contributed by atoms with Gasteiger partial charge >= 0.3 is 0 Å². The van der Waals surface area contributed by atoms with Crippen molar-refractivity contribution in [2.24, 2.45) is 28.6 Å². The van der Waals surface area contributed by atoms with Crippen molar-refractivity contribution in [2.75, 3.05) is 73.6 Å². The van der Waals surface area contributed by atoms with E-state index in [2.05, 4.69) is 64.4 Å². The summed E-state index contributed by atoms with van der Waals surface area (Å²) in [6.07, 6.45) is 14.0. The number of hydrogen-bond donors (Lipinski definition) is 2. The first-order valence-corrected chi connectivity index (χ1v) is 18.5. The number of aliphatic hydroxyl groups is 2. The van der Waals surface area contributed by atoms with E-state index in [1.807, 2.05) is 6.08 Å². The monoisotopic (exact) mass is 652 g/mol. The van der Waals surface area contributed by atoms with Gasteiger partial charge in [-0.15, -0.1) is 0 Å². The van der Waals surface area contributed by atoms with Crippen LogP contribution >= 0.6 is 0 Å². The molecule has 9 heteroatoms. The average Bonchev–Trinajstić information content (AvgIpc) is 3.85. The molecule has 0 aromatic carbocycles. The Morgan fingerprint density at radius 3 is 2.27 bits per heavy atom. The van der Waals surface area contributed by atoms with Crippen LogP contribution in [0.1, 0.15) is 65.7 Å². The van der Waals surface area contributed by atoms with Crippen LogP contribution in [0.4, 0.5) is 17.6 Å². The number of aliphatic hydroxyl groups excluding tert-OH is 1. The summed E-state index contributed by atoms with van der Waals surface area (Å²) in [4.78, 5) is 31.9. The van der Waals surface area contributed by atoms with Gasteiger partial charge in [-0.25, -0.2) is 0 Å². The third-order valence-electron chi connectivity index (χ3n) is 13.3. The van der Waals surface area contributed by atoms with E-state index in [1.54, 1.807) is 12.2 Å². The second-order valence-corrected chi connectivity index (χ2v) is 16.1. The van der Waals surface area contributed by atoms with Gasteiger partial charge in [0.1, 0.15) is 17.2 Å². The molecule has 2 N–H and O–H groups in total. The zero-order valence-electron chi connectivity index (χ0n) is 29.0. The molecule has 7 atom stereocenters. The second-order valence-electron chi connectivity index (χ2n) is 16.1. The molecule has 9 nitrogen and oxygen atoms in total. The highest BCUT2D eigenvalue weighted by molar-refractivity contribution is 6.02. The summed E-state index contributed by atoms with van der Waals surface area (Å²) in [5.74, 6) is 10.1. The van der Waals surface area contributed by atoms with Crippen LogP contribution in [0.25, 0.3) is 0 Å². The quantitative estimate of drug-likeness (QED) is 0.469. The van der Waals surface area contributed by atoms with Gasteiger partial charge < -0.3 is 24.9 Å². The number of hydrogen-bond acceptors (Lipinski definition) is 9. The van der Waals surface area contributed by atoms with Crippen molar-refractivity contribution in [3.63, 3.8) is 0 Å². The minimum Gasteiger partial charge on any atom is -0.393 e. The van der Waals surface area contributed by atoms with Crippen molar-refractivity contribution < 1.29 is 15.0 Å². The first kappa shape index (κ1) is 32.0. The maximum Gasteiger partial charge on any atom is 0.229 e. The summed E-state index contributed by atoms with van der Waals surface area (Å²) < 4.78 is 0. The van der Waals surface area contributed by atoms with Crippen LogP contribution in [-0.2, 0) is 4.79 Å². The number of ketones is 1. The van der Waals surface area contributed by atoms with Gasteiger partial charge in [0.25, 0.3) is 0 Å². The van der Waals surface area contributed by atoms with Gasteiger partial charge in [0.2, 0.25) is 5.95 Å². The standard InChI is InChI=1S/C39H52N6O3/c1-27-23-29-30-10-13-39(48,38(30,3)26-32(47)35(29)37(2)12-9-28(46)24-31(27)37)11-8-14-42-19-21-44(22-20-42)34-25-33(43-15-4-5-16-43)40-36(41-34)45-17-6-7-18-45/h9,12,23-25,29-30,32,35,47-48H,4-7,10,13-22,26H2,1-3H3/t29-,30-,32-,35+,37-,38-,39-/m0/s1. The molecule has 4 aliphatic carbocycles. The molecule has 3 aliphatic heterocycles. The lowest BCUT2D eigenvalue weighted by molar-refractivity contribution is -0.129. The third-order valence-corrected chi connectivity index (χ3v) is 13.3. The first-order valence-electron chi connectivity index (χ1n) is 18.5. The zero-order chi connectivity index (χ0) is 33.3. The van der Waals surface area contributed by atoms with Gasteiger partial charge in [-0.05, 0) is 81.4 Å². The van der Waals surface area contributed by atoms with Gasteiger partial charge in [-0.3, -0.25) is 9.69 Å². The van der Waals surface area contributed by atoms with Crippen LogP contribution in [0.15, 0.2) is 41.5 Å². The van der Waals surface area contributed by atoms with E-state index in [0.29, 0.717) is 19.4 Å². The molecule has 0 unspecified atom stereocenters. The fourth-order valence-corrected chi connectivity index (χ4v) is 10.6. The van der Waals surface area contributed by atoms with Crippen LogP contribution in [0.3, 0.4) is 0 Å². The predicted molar refractivity (Wildman–Crippen MR) is 189 cm³/mol. The Labute approximate surface area is 285 Å². The number of rotatable bonds is 4. The van der Waals surface area contributed by atoms with Crippen LogP contribution in [0.2, 0.25) is 0 Å². The fraction of sp³-hybridized carbons (Fsp3) is 0.667. The average molecular weight is 653 g/mol. The van der Waals surface area contributed by atoms with E-state index in [4.69, 9.17) is 9.97 Å². The van der Waals surface area contributed by atoms with Gasteiger partial charge in [0, 0.05) is 75.2 Å². The number of aromatic nitrogens is 2. The van der Waals surface area contributed by atoms with E-state index in [9.17, 15) is 15.0 Å². The lowest BCUT2D eigenvalue weighted by Gasteiger charge is -2.58. The highest BCUT2D eigenvalue weighted by Gasteiger charge is 2.65. The third kappa shape index (κ3) is 5.21. The van der Waals surface area contributed by atoms with Crippen LogP contribution in [0.5, 0.6) is 0 Å². The Kier molecular flexibility index (Phi) is 8.01. The predicted octanol–water partition coefficient (Wildman–Crippen LogP) is 3.98. The van der Waals surface area contributed by atoms with Crippen LogP contribution in [-0.4, -0.2) is 101 Å². The Bertz CT molecular complexity index is 1570. The molecule has 3 saturated heterocycles. The first-order chi connectivity index (χ1) is 23.1. The number of nitrogens with zero attached hydrogens (tertiary/aromatic N) is 6. The number of anilines is 3. The highest BCUT2D eigenvalue weighted by Crippen LogP contribution is 2.66. The van der Waals surface area contributed by atoms with E-state index in [0.717, 1.165) is 87.5 Å². The van der Waals surface area contributed by atoms with E-state index in [1.165, 1.54) is 25.7 Å². The smallest absolute Gasteiger partial charge is 0.229 e. The Balaban J connectivity index is 0.949. The summed E-state index contributed by atoms with van der Waals surface area (Å²) in [5, 5.41) is 23.9.